The zero-order chi connectivity index (χ0) is 11.5. The van der Waals surface area contributed by atoms with Crippen molar-refractivity contribution in [2.75, 3.05) is 5.32 Å². The predicted octanol–water partition coefficient (Wildman–Crippen LogP) is 4.25. The first-order valence-electron chi connectivity index (χ1n) is 4.90. The molecule has 0 fully saturated rings. The molecule has 0 saturated carbocycles. The summed E-state index contributed by atoms with van der Waals surface area (Å²) in [7, 11) is 0. The van der Waals surface area contributed by atoms with E-state index in [2.05, 4.69) is 5.32 Å². The smallest absolute Gasteiger partial charge is 0.124 e. The average Bonchev–Trinajstić information content (AvgIpc) is 2.75. The van der Waals surface area contributed by atoms with Crippen molar-refractivity contribution in [3.63, 3.8) is 0 Å². The van der Waals surface area contributed by atoms with E-state index < -0.39 is 0 Å². The lowest BCUT2D eigenvalue weighted by Gasteiger charge is -2.14. The summed E-state index contributed by atoms with van der Waals surface area (Å²) in [4.78, 5) is 0. The minimum Gasteiger partial charge on any atom is -0.472 e. The number of benzene rings is 1. The highest BCUT2D eigenvalue weighted by atomic mass is 35.5. The highest BCUT2D eigenvalue weighted by molar-refractivity contribution is 6.33. The lowest BCUT2D eigenvalue weighted by Crippen LogP contribution is -2.05. The Morgan fingerprint density at radius 1 is 1.38 bits per heavy atom. The molecule has 0 spiro atoms. The van der Waals surface area contributed by atoms with E-state index in [1.807, 2.05) is 13.0 Å². The van der Waals surface area contributed by atoms with Crippen molar-refractivity contribution in [3.8, 4) is 0 Å². The van der Waals surface area contributed by atoms with Crippen LogP contribution in [-0.2, 0) is 0 Å². The first kappa shape index (κ1) is 11.0. The molecular weight excluding hydrogens is 229 g/mol. The number of hydrogen-bond donors (Lipinski definition) is 1. The van der Waals surface area contributed by atoms with Gasteiger partial charge in [0.05, 0.1) is 29.3 Å². The molecule has 1 aromatic carbocycles. The largest absolute Gasteiger partial charge is 0.472 e. The maximum atomic E-state index is 12.8. The highest BCUT2D eigenvalue weighted by Crippen LogP contribution is 2.26. The SMILES string of the molecule is CC(Nc1ccc(F)cc1Cl)c1ccoc1. The summed E-state index contributed by atoms with van der Waals surface area (Å²) < 4.78 is 17.8. The van der Waals surface area contributed by atoms with Gasteiger partial charge in [-0.2, -0.15) is 0 Å². The third kappa shape index (κ3) is 2.36. The second-order valence-corrected chi connectivity index (χ2v) is 3.95. The van der Waals surface area contributed by atoms with Crippen molar-refractivity contribution in [1.29, 1.82) is 0 Å². The molecule has 2 rings (SSSR count). The maximum absolute atomic E-state index is 12.8. The standard InChI is InChI=1S/C12H11ClFNO/c1-8(9-4-5-16-7-9)15-12-3-2-10(14)6-11(12)13/h2-8,15H,1H3. The summed E-state index contributed by atoms with van der Waals surface area (Å²) in [6.07, 6.45) is 3.27. The predicted molar refractivity (Wildman–Crippen MR) is 62.2 cm³/mol. The van der Waals surface area contributed by atoms with Crippen LogP contribution >= 0.6 is 11.6 Å². The van der Waals surface area contributed by atoms with Crippen LogP contribution in [0.5, 0.6) is 0 Å². The van der Waals surface area contributed by atoms with Gasteiger partial charge in [0.2, 0.25) is 0 Å². The first-order chi connectivity index (χ1) is 7.66. The molecule has 1 N–H and O–H groups in total. The van der Waals surface area contributed by atoms with E-state index in [1.165, 1.54) is 12.1 Å². The molecule has 2 nitrogen and oxygen atoms in total. The molecule has 0 bridgehead atoms. The van der Waals surface area contributed by atoms with Gasteiger partial charge in [-0.05, 0) is 31.2 Å². The Morgan fingerprint density at radius 3 is 2.81 bits per heavy atom. The van der Waals surface area contributed by atoms with Gasteiger partial charge in [-0.1, -0.05) is 11.6 Å². The molecule has 1 heterocycles. The van der Waals surface area contributed by atoms with E-state index in [0.717, 1.165) is 5.56 Å². The minimum atomic E-state index is -0.341. The molecule has 1 aromatic heterocycles. The quantitative estimate of drug-likeness (QED) is 0.867. The Kier molecular flexibility index (Phi) is 3.15. The molecule has 16 heavy (non-hydrogen) atoms. The molecule has 84 valence electrons. The van der Waals surface area contributed by atoms with Crippen LogP contribution in [0.3, 0.4) is 0 Å². The van der Waals surface area contributed by atoms with E-state index in [4.69, 9.17) is 16.0 Å². The van der Waals surface area contributed by atoms with Gasteiger partial charge >= 0.3 is 0 Å². The Bertz CT molecular complexity index is 470. The van der Waals surface area contributed by atoms with Crippen molar-refractivity contribution in [3.05, 3.63) is 53.2 Å². The average molecular weight is 240 g/mol. The lowest BCUT2D eigenvalue weighted by molar-refractivity contribution is 0.562. The monoisotopic (exact) mass is 239 g/mol. The second-order valence-electron chi connectivity index (χ2n) is 3.55. The fourth-order valence-corrected chi connectivity index (χ4v) is 1.67. The summed E-state index contributed by atoms with van der Waals surface area (Å²) >= 11 is 5.91. The van der Waals surface area contributed by atoms with Crippen LogP contribution in [0.25, 0.3) is 0 Å². The number of rotatable bonds is 3. The Balaban J connectivity index is 2.15. The van der Waals surface area contributed by atoms with Crippen LogP contribution in [-0.4, -0.2) is 0 Å². The number of furan rings is 1. The van der Waals surface area contributed by atoms with E-state index in [-0.39, 0.29) is 11.9 Å². The van der Waals surface area contributed by atoms with Gasteiger partial charge in [-0.15, -0.1) is 0 Å². The molecule has 0 aliphatic heterocycles. The van der Waals surface area contributed by atoms with E-state index >= 15 is 0 Å². The van der Waals surface area contributed by atoms with E-state index in [0.29, 0.717) is 10.7 Å². The number of hydrogen-bond acceptors (Lipinski definition) is 2. The van der Waals surface area contributed by atoms with Gasteiger partial charge in [0, 0.05) is 5.56 Å². The highest BCUT2D eigenvalue weighted by Gasteiger charge is 2.08. The fourth-order valence-electron chi connectivity index (χ4n) is 1.44. The second kappa shape index (κ2) is 4.58. The van der Waals surface area contributed by atoms with Gasteiger partial charge in [-0.25, -0.2) is 4.39 Å². The molecule has 0 aliphatic rings. The van der Waals surface area contributed by atoms with Crippen molar-refractivity contribution < 1.29 is 8.81 Å². The molecule has 0 radical (unpaired) electrons. The van der Waals surface area contributed by atoms with Crippen LogP contribution in [0.1, 0.15) is 18.5 Å². The third-order valence-electron chi connectivity index (χ3n) is 2.35. The van der Waals surface area contributed by atoms with Crippen LogP contribution in [0.4, 0.5) is 10.1 Å². The maximum Gasteiger partial charge on any atom is 0.124 e. The summed E-state index contributed by atoms with van der Waals surface area (Å²) in [5.74, 6) is -0.341. The molecule has 0 saturated heterocycles. The summed E-state index contributed by atoms with van der Waals surface area (Å²) in [5, 5.41) is 3.55. The molecule has 1 atom stereocenters. The van der Waals surface area contributed by atoms with Crippen LogP contribution in [0.2, 0.25) is 5.02 Å². The topological polar surface area (TPSA) is 25.2 Å². The molecule has 0 aliphatic carbocycles. The van der Waals surface area contributed by atoms with Gasteiger partial charge < -0.3 is 9.73 Å². The molecule has 0 amide bonds. The number of nitrogens with one attached hydrogen (secondary N) is 1. The van der Waals surface area contributed by atoms with Crippen molar-refractivity contribution in [2.45, 2.75) is 13.0 Å². The molecular formula is C12H11ClFNO. The zero-order valence-corrected chi connectivity index (χ0v) is 9.46. The van der Waals surface area contributed by atoms with Gasteiger partial charge in [0.15, 0.2) is 0 Å². The molecule has 2 aromatic rings. The summed E-state index contributed by atoms with van der Waals surface area (Å²) in [6, 6.07) is 6.20. The number of anilines is 1. The summed E-state index contributed by atoms with van der Waals surface area (Å²) in [6.45, 7) is 1.98. The van der Waals surface area contributed by atoms with E-state index in [1.54, 1.807) is 18.6 Å². The van der Waals surface area contributed by atoms with E-state index in [9.17, 15) is 4.39 Å². The van der Waals surface area contributed by atoms with Gasteiger partial charge in [0.25, 0.3) is 0 Å². The normalized spacial score (nSPS) is 12.4. The lowest BCUT2D eigenvalue weighted by atomic mass is 10.1. The van der Waals surface area contributed by atoms with Crippen molar-refractivity contribution in [2.24, 2.45) is 0 Å². The van der Waals surface area contributed by atoms with Gasteiger partial charge in [0.1, 0.15) is 5.82 Å². The molecule has 4 heteroatoms. The number of halogens is 2. The van der Waals surface area contributed by atoms with Crippen LogP contribution < -0.4 is 5.32 Å². The Labute approximate surface area is 98.0 Å². The first-order valence-corrected chi connectivity index (χ1v) is 5.28. The van der Waals surface area contributed by atoms with Crippen molar-refractivity contribution in [1.82, 2.24) is 0 Å². The van der Waals surface area contributed by atoms with Crippen LogP contribution in [0.15, 0.2) is 41.2 Å². The third-order valence-corrected chi connectivity index (χ3v) is 2.66. The fraction of sp³-hybridized carbons (Fsp3) is 0.167. The Morgan fingerprint density at radius 2 is 2.19 bits per heavy atom. The van der Waals surface area contributed by atoms with Gasteiger partial charge in [-0.3, -0.25) is 0 Å². The Hall–Kier alpha value is -1.48. The summed E-state index contributed by atoms with van der Waals surface area (Å²) in [5.41, 5.74) is 1.72. The van der Waals surface area contributed by atoms with Crippen molar-refractivity contribution >= 4 is 17.3 Å². The zero-order valence-electron chi connectivity index (χ0n) is 8.71. The van der Waals surface area contributed by atoms with Crippen LogP contribution in [0, 0.1) is 5.82 Å². The molecule has 1 unspecified atom stereocenters. The minimum absolute atomic E-state index is 0.0571.